The molecule has 0 atom stereocenters. The van der Waals surface area contributed by atoms with Crippen LogP contribution in [0.15, 0.2) is 53.4 Å². The first kappa shape index (κ1) is 17.5. The molecule has 0 saturated heterocycles. The second-order valence-corrected chi connectivity index (χ2v) is 6.00. The van der Waals surface area contributed by atoms with Crippen molar-refractivity contribution in [2.24, 2.45) is 0 Å². The van der Waals surface area contributed by atoms with Crippen molar-refractivity contribution in [2.45, 2.75) is 11.1 Å². The van der Waals surface area contributed by atoms with Crippen molar-refractivity contribution in [2.75, 3.05) is 6.26 Å². The zero-order valence-electron chi connectivity index (χ0n) is 12.8. The monoisotopic (exact) mass is 370 g/mol. The molecule has 0 amide bonds. The molecule has 0 aliphatic carbocycles. The van der Waals surface area contributed by atoms with Gasteiger partial charge in [-0.2, -0.15) is 18.3 Å². The van der Waals surface area contributed by atoms with Gasteiger partial charge in [0, 0.05) is 10.5 Å². The molecular weight excluding hydrogens is 359 g/mol. The van der Waals surface area contributed by atoms with E-state index in [1.165, 1.54) is 36.0 Å². The lowest BCUT2D eigenvalue weighted by molar-refractivity contribution is -0.141. The molecule has 0 bridgehead atoms. The van der Waals surface area contributed by atoms with Crippen LogP contribution in [0.25, 0.3) is 16.9 Å². The van der Waals surface area contributed by atoms with Crippen LogP contribution >= 0.6 is 11.8 Å². The average molecular weight is 370 g/mol. The lowest BCUT2D eigenvalue weighted by Gasteiger charge is -2.09. The summed E-state index contributed by atoms with van der Waals surface area (Å²) in [7, 11) is 0. The first-order chi connectivity index (χ1) is 11.8. The van der Waals surface area contributed by atoms with E-state index in [0.717, 1.165) is 28.9 Å². The van der Waals surface area contributed by atoms with Crippen LogP contribution in [0.5, 0.6) is 0 Å². The van der Waals surface area contributed by atoms with Gasteiger partial charge in [0.05, 0.1) is 11.4 Å². The quantitative estimate of drug-likeness (QED) is 0.444. The van der Waals surface area contributed by atoms with Gasteiger partial charge >= 0.3 is 6.18 Å². The molecule has 0 saturated carbocycles. The minimum Gasteiger partial charge on any atom is -0.233 e. The second kappa shape index (κ2) is 6.51. The van der Waals surface area contributed by atoms with E-state index in [1.54, 1.807) is 6.26 Å². The van der Waals surface area contributed by atoms with Crippen molar-refractivity contribution < 1.29 is 22.0 Å². The molecule has 0 spiro atoms. The van der Waals surface area contributed by atoms with E-state index in [2.05, 4.69) is 5.10 Å². The van der Waals surface area contributed by atoms with Crippen LogP contribution in [0.3, 0.4) is 0 Å². The molecule has 3 rings (SSSR count). The molecule has 0 N–H and O–H groups in total. The molecule has 0 fully saturated rings. The molecule has 0 unspecified atom stereocenters. The third kappa shape index (κ3) is 3.53. The summed E-state index contributed by atoms with van der Waals surface area (Å²) in [5.41, 5.74) is -0.574. The number of hydrogen-bond acceptors (Lipinski definition) is 2. The van der Waals surface area contributed by atoms with Gasteiger partial charge in [0.25, 0.3) is 0 Å². The molecule has 0 aliphatic heterocycles. The molecular formula is C17H11F5N2S. The summed E-state index contributed by atoms with van der Waals surface area (Å²) in [6.07, 6.45) is -2.96. The molecule has 3 aromatic rings. The zero-order valence-corrected chi connectivity index (χ0v) is 13.6. The fraction of sp³-hybridized carbons (Fsp3) is 0.118. The number of alkyl halides is 3. The van der Waals surface area contributed by atoms with Gasteiger partial charge in [-0.1, -0.05) is 6.07 Å². The highest BCUT2D eigenvalue weighted by Crippen LogP contribution is 2.34. The van der Waals surface area contributed by atoms with Gasteiger partial charge in [0.15, 0.2) is 5.69 Å². The third-order valence-corrected chi connectivity index (χ3v) is 4.29. The summed E-state index contributed by atoms with van der Waals surface area (Å²) >= 11 is 1.19. The molecule has 2 aromatic carbocycles. The van der Waals surface area contributed by atoms with Gasteiger partial charge in [0.2, 0.25) is 0 Å². The number of hydrogen-bond donors (Lipinski definition) is 0. The Morgan fingerprint density at radius 2 is 1.64 bits per heavy atom. The summed E-state index contributed by atoms with van der Waals surface area (Å²) < 4.78 is 67.3. The van der Waals surface area contributed by atoms with Crippen LogP contribution in [0, 0.1) is 11.6 Å². The van der Waals surface area contributed by atoms with E-state index < -0.39 is 23.5 Å². The summed E-state index contributed by atoms with van der Waals surface area (Å²) in [5.74, 6) is -1.06. The normalized spacial score (nSPS) is 11.8. The van der Waals surface area contributed by atoms with E-state index in [4.69, 9.17) is 0 Å². The van der Waals surface area contributed by atoms with Crippen molar-refractivity contribution in [1.82, 2.24) is 9.78 Å². The van der Waals surface area contributed by atoms with Gasteiger partial charge in [-0.05, 0) is 48.7 Å². The van der Waals surface area contributed by atoms with Crippen molar-refractivity contribution in [1.29, 1.82) is 0 Å². The summed E-state index contributed by atoms with van der Waals surface area (Å²) in [4.78, 5) is 0.382. The maximum atomic E-state index is 14.0. The predicted octanol–water partition coefficient (Wildman–Crippen LogP) is 5.56. The average Bonchev–Trinajstić information content (AvgIpc) is 3.01. The molecule has 8 heteroatoms. The maximum absolute atomic E-state index is 14.0. The fourth-order valence-corrected chi connectivity index (χ4v) is 2.79. The highest BCUT2D eigenvalue weighted by Gasteiger charge is 2.35. The number of thioether (sulfide) groups is 1. The highest BCUT2D eigenvalue weighted by atomic mass is 32.2. The molecule has 130 valence electrons. The molecule has 1 aromatic heterocycles. The van der Waals surface area contributed by atoms with Crippen LogP contribution in [-0.4, -0.2) is 16.0 Å². The lowest BCUT2D eigenvalue weighted by atomic mass is 10.1. The van der Waals surface area contributed by atoms with Crippen molar-refractivity contribution in [3.05, 3.63) is 65.9 Å². The number of benzene rings is 2. The second-order valence-electron chi connectivity index (χ2n) is 5.15. The maximum Gasteiger partial charge on any atom is 0.435 e. The Labute approximate surface area is 144 Å². The van der Waals surface area contributed by atoms with Crippen LogP contribution in [0.2, 0.25) is 0 Å². The van der Waals surface area contributed by atoms with Crippen molar-refractivity contribution >= 4 is 11.8 Å². The summed E-state index contributed by atoms with van der Waals surface area (Å²) in [6.45, 7) is 0. The lowest BCUT2D eigenvalue weighted by Crippen LogP contribution is -2.07. The summed E-state index contributed by atoms with van der Waals surface area (Å²) in [6, 6.07) is 9.85. The first-order valence-electron chi connectivity index (χ1n) is 7.06. The molecule has 0 radical (unpaired) electrons. The van der Waals surface area contributed by atoms with E-state index in [9.17, 15) is 22.0 Å². The zero-order chi connectivity index (χ0) is 18.2. The Bertz CT molecular complexity index is 900. The van der Waals surface area contributed by atoms with Gasteiger partial charge in [-0.15, -0.1) is 11.8 Å². The van der Waals surface area contributed by atoms with E-state index in [0.29, 0.717) is 4.90 Å². The van der Waals surface area contributed by atoms with Crippen LogP contribution in [0.1, 0.15) is 5.69 Å². The predicted molar refractivity (Wildman–Crippen MR) is 85.7 cm³/mol. The largest absolute Gasteiger partial charge is 0.435 e. The highest BCUT2D eigenvalue weighted by molar-refractivity contribution is 7.98. The smallest absolute Gasteiger partial charge is 0.233 e. The Balaban J connectivity index is 2.19. The number of rotatable bonds is 3. The van der Waals surface area contributed by atoms with Crippen LogP contribution in [0.4, 0.5) is 22.0 Å². The van der Waals surface area contributed by atoms with E-state index in [1.807, 2.05) is 0 Å². The third-order valence-electron chi connectivity index (χ3n) is 3.52. The minimum atomic E-state index is -4.65. The molecule has 0 aliphatic rings. The van der Waals surface area contributed by atoms with Crippen molar-refractivity contribution in [3.63, 3.8) is 0 Å². The van der Waals surface area contributed by atoms with Gasteiger partial charge in [-0.25, -0.2) is 13.5 Å². The molecule has 2 nitrogen and oxygen atoms in total. The Morgan fingerprint density at radius 1 is 0.960 bits per heavy atom. The standard InChI is InChI=1S/C17H11F5N2S/c1-25-15-7-2-10(8-13(15)19)14-9-16(17(20,21)22)23-24(14)12-5-3-11(18)4-6-12/h2-9H,1H3. The van der Waals surface area contributed by atoms with Crippen molar-refractivity contribution in [3.8, 4) is 16.9 Å². The Morgan fingerprint density at radius 3 is 2.20 bits per heavy atom. The summed E-state index contributed by atoms with van der Waals surface area (Å²) in [5, 5.41) is 3.57. The number of halogens is 5. The molecule has 1 heterocycles. The van der Waals surface area contributed by atoms with E-state index >= 15 is 0 Å². The number of nitrogens with zero attached hydrogens (tertiary/aromatic N) is 2. The first-order valence-corrected chi connectivity index (χ1v) is 8.29. The van der Waals surface area contributed by atoms with Crippen LogP contribution < -0.4 is 0 Å². The van der Waals surface area contributed by atoms with Crippen LogP contribution in [-0.2, 0) is 6.18 Å². The van der Waals surface area contributed by atoms with Gasteiger partial charge in [0.1, 0.15) is 11.6 Å². The number of aromatic nitrogens is 2. The van der Waals surface area contributed by atoms with Gasteiger partial charge in [-0.3, -0.25) is 0 Å². The van der Waals surface area contributed by atoms with Gasteiger partial charge < -0.3 is 0 Å². The van der Waals surface area contributed by atoms with E-state index in [-0.39, 0.29) is 16.9 Å². The topological polar surface area (TPSA) is 17.8 Å². The molecule has 25 heavy (non-hydrogen) atoms. The SMILES string of the molecule is CSc1ccc(-c2cc(C(F)(F)F)nn2-c2ccc(F)cc2)cc1F. The Kier molecular flexibility index (Phi) is 4.55. The minimum absolute atomic E-state index is 0.0606. The Hall–Kier alpha value is -2.35. The fourth-order valence-electron chi connectivity index (χ4n) is 2.33.